The molecule has 0 unspecified atom stereocenters. The van der Waals surface area contributed by atoms with Crippen molar-refractivity contribution in [3.63, 3.8) is 0 Å². The van der Waals surface area contributed by atoms with E-state index in [9.17, 15) is 14.9 Å². The molecule has 0 spiro atoms. The molecule has 1 aromatic carbocycles. The number of nitro groups is 1. The monoisotopic (exact) mass is 274 g/mol. The first-order valence-corrected chi connectivity index (χ1v) is 6.11. The van der Waals surface area contributed by atoms with Gasteiger partial charge in [0.1, 0.15) is 12.4 Å². The van der Waals surface area contributed by atoms with Gasteiger partial charge in [0, 0.05) is 23.9 Å². The molecule has 0 aliphatic rings. The lowest BCUT2D eigenvalue weighted by Gasteiger charge is -2.08. The van der Waals surface area contributed by atoms with Crippen LogP contribution in [0.3, 0.4) is 0 Å². The predicted molar refractivity (Wildman–Crippen MR) is 74.0 cm³/mol. The van der Waals surface area contributed by atoms with Crippen LogP contribution in [0.1, 0.15) is 5.56 Å². The summed E-state index contributed by atoms with van der Waals surface area (Å²) in [4.78, 5) is 21.8. The van der Waals surface area contributed by atoms with Gasteiger partial charge >= 0.3 is 0 Å². The number of hydrogen-bond donors (Lipinski definition) is 0. The molecule has 0 bridgehead atoms. The third-order valence-electron chi connectivity index (χ3n) is 2.86. The fourth-order valence-electron chi connectivity index (χ4n) is 1.76. The van der Waals surface area contributed by atoms with Crippen molar-refractivity contribution in [2.75, 3.05) is 6.61 Å². The highest BCUT2D eigenvalue weighted by atomic mass is 16.6. The molecule has 0 saturated carbocycles. The smallest absolute Gasteiger partial charge is 0.269 e. The van der Waals surface area contributed by atoms with Crippen LogP contribution in [0.25, 0.3) is 0 Å². The lowest BCUT2D eigenvalue weighted by molar-refractivity contribution is -0.384. The number of hydrogen-bond acceptors (Lipinski definition) is 4. The molecule has 0 radical (unpaired) electrons. The minimum Gasteiger partial charge on any atom is -0.492 e. The van der Waals surface area contributed by atoms with Crippen molar-refractivity contribution >= 4 is 5.69 Å². The van der Waals surface area contributed by atoms with E-state index in [1.165, 1.54) is 24.3 Å². The molecule has 0 atom stereocenters. The largest absolute Gasteiger partial charge is 0.492 e. The number of pyridine rings is 1. The lowest BCUT2D eigenvalue weighted by atomic mass is 10.3. The number of benzene rings is 1. The number of nitrogens with zero attached hydrogens (tertiary/aromatic N) is 2. The number of nitro benzene ring substituents is 1. The van der Waals surface area contributed by atoms with Crippen molar-refractivity contribution in [3.05, 3.63) is 68.6 Å². The average molecular weight is 274 g/mol. The van der Waals surface area contributed by atoms with Crippen LogP contribution >= 0.6 is 0 Å². The first-order chi connectivity index (χ1) is 9.58. The van der Waals surface area contributed by atoms with Crippen LogP contribution < -0.4 is 10.3 Å². The van der Waals surface area contributed by atoms with Crippen molar-refractivity contribution in [2.24, 2.45) is 0 Å². The van der Waals surface area contributed by atoms with Gasteiger partial charge in [-0.2, -0.15) is 0 Å². The normalized spacial score (nSPS) is 10.2. The SMILES string of the molecule is Cc1cccn(CCOc2ccc([N+](=O)[O-])cc2)c1=O. The van der Waals surface area contributed by atoms with Crippen molar-refractivity contribution in [1.29, 1.82) is 0 Å². The quantitative estimate of drug-likeness (QED) is 0.618. The Hall–Kier alpha value is -2.63. The van der Waals surface area contributed by atoms with E-state index in [0.717, 1.165) is 0 Å². The molecule has 0 N–H and O–H groups in total. The second-order valence-corrected chi connectivity index (χ2v) is 4.29. The Kier molecular flexibility index (Phi) is 4.14. The molecular weight excluding hydrogens is 260 g/mol. The Morgan fingerprint density at radius 3 is 2.60 bits per heavy atom. The highest BCUT2D eigenvalue weighted by molar-refractivity contribution is 5.35. The second-order valence-electron chi connectivity index (χ2n) is 4.29. The fourth-order valence-corrected chi connectivity index (χ4v) is 1.76. The summed E-state index contributed by atoms with van der Waals surface area (Å²) in [5.41, 5.74) is 0.662. The Morgan fingerprint density at radius 2 is 1.95 bits per heavy atom. The molecule has 0 fully saturated rings. The van der Waals surface area contributed by atoms with Crippen LogP contribution in [-0.4, -0.2) is 16.1 Å². The molecule has 20 heavy (non-hydrogen) atoms. The summed E-state index contributed by atoms with van der Waals surface area (Å²) in [7, 11) is 0. The standard InChI is InChI=1S/C14H14N2O4/c1-11-3-2-8-15(14(11)17)9-10-20-13-6-4-12(5-7-13)16(18)19/h2-8H,9-10H2,1H3. The molecule has 6 heteroatoms. The Bertz CT molecular complexity index is 662. The van der Waals surface area contributed by atoms with E-state index in [1.807, 2.05) is 6.07 Å². The highest BCUT2D eigenvalue weighted by Gasteiger charge is 2.04. The van der Waals surface area contributed by atoms with Crippen molar-refractivity contribution in [3.8, 4) is 5.75 Å². The maximum Gasteiger partial charge on any atom is 0.269 e. The first kappa shape index (κ1) is 13.8. The Morgan fingerprint density at radius 1 is 1.25 bits per heavy atom. The maximum atomic E-state index is 11.8. The van der Waals surface area contributed by atoms with Gasteiger partial charge in [-0.15, -0.1) is 0 Å². The Labute approximate surface area is 115 Å². The van der Waals surface area contributed by atoms with Gasteiger partial charge in [-0.1, -0.05) is 6.07 Å². The molecule has 1 aromatic heterocycles. The Balaban J connectivity index is 1.94. The molecule has 0 aliphatic heterocycles. The fraction of sp³-hybridized carbons (Fsp3) is 0.214. The minimum absolute atomic E-state index is 0.0206. The third kappa shape index (κ3) is 3.23. The minimum atomic E-state index is -0.462. The van der Waals surface area contributed by atoms with E-state index in [1.54, 1.807) is 23.8 Å². The predicted octanol–water partition coefficient (Wildman–Crippen LogP) is 2.14. The van der Waals surface area contributed by atoms with Crippen LogP contribution in [0.4, 0.5) is 5.69 Å². The topological polar surface area (TPSA) is 74.4 Å². The number of ether oxygens (including phenoxy) is 1. The average Bonchev–Trinajstić information content (AvgIpc) is 2.44. The molecular formula is C14H14N2O4. The van der Waals surface area contributed by atoms with E-state index in [-0.39, 0.29) is 11.2 Å². The summed E-state index contributed by atoms with van der Waals surface area (Å²) in [6, 6.07) is 9.41. The summed E-state index contributed by atoms with van der Waals surface area (Å²) in [5, 5.41) is 10.5. The zero-order valence-corrected chi connectivity index (χ0v) is 11.0. The van der Waals surface area contributed by atoms with Crippen molar-refractivity contribution in [2.45, 2.75) is 13.5 Å². The van der Waals surface area contributed by atoms with Crippen LogP contribution in [0.5, 0.6) is 5.75 Å². The number of non-ortho nitro benzene ring substituents is 1. The van der Waals surface area contributed by atoms with E-state index in [0.29, 0.717) is 24.5 Å². The highest BCUT2D eigenvalue weighted by Crippen LogP contribution is 2.17. The van der Waals surface area contributed by atoms with E-state index in [2.05, 4.69) is 0 Å². The molecule has 104 valence electrons. The van der Waals surface area contributed by atoms with Crippen LogP contribution in [0.15, 0.2) is 47.4 Å². The number of aromatic nitrogens is 1. The molecule has 0 aliphatic carbocycles. The first-order valence-electron chi connectivity index (χ1n) is 6.11. The van der Waals surface area contributed by atoms with Crippen molar-refractivity contribution < 1.29 is 9.66 Å². The zero-order chi connectivity index (χ0) is 14.5. The van der Waals surface area contributed by atoms with Gasteiger partial charge in [-0.25, -0.2) is 0 Å². The maximum absolute atomic E-state index is 11.8. The number of aryl methyl sites for hydroxylation is 1. The number of rotatable bonds is 5. The van der Waals surface area contributed by atoms with Gasteiger partial charge in [0.2, 0.25) is 0 Å². The van der Waals surface area contributed by atoms with Crippen molar-refractivity contribution in [1.82, 2.24) is 4.57 Å². The molecule has 0 saturated heterocycles. The van der Waals surface area contributed by atoms with Crippen LogP contribution in [0.2, 0.25) is 0 Å². The molecule has 6 nitrogen and oxygen atoms in total. The second kappa shape index (κ2) is 6.01. The van der Waals surface area contributed by atoms with Gasteiger partial charge < -0.3 is 9.30 Å². The van der Waals surface area contributed by atoms with Crippen LogP contribution in [-0.2, 0) is 6.54 Å². The van der Waals surface area contributed by atoms with E-state index >= 15 is 0 Å². The molecule has 2 rings (SSSR count). The summed E-state index contributed by atoms with van der Waals surface area (Å²) in [6.45, 7) is 2.51. The summed E-state index contributed by atoms with van der Waals surface area (Å²) < 4.78 is 7.03. The molecule has 2 aromatic rings. The van der Waals surface area contributed by atoms with Gasteiger partial charge in [0.25, 0.3) is 11.2 Å². The summed E-state index contributed by atoms with van der Waals surface area (Å²) >= 11 is 0. The van der Waals surface area contributed by atoms with E-state index < -0.39 is 4.92 Å². The molecule has 1 heterocycles. The van der Waals surface area contributed by atoms with Gasteiger partial charge in [0.15, 0.2) is 0 Å². The van der Waals surface area contributed by atoms with Gasteiger partial charge in [-0.05, 0) is 25.1 Å². The summed E-state index contributed by atoms with van der Waals surface area (Å²) in [6.07, 6.45) is 1.70. The zero-order valence-electron chi connectivity index (χ0n) is 11.0. The molecule has 0 amide bonds. The van der Waals surface area contributed by atoms with Gasteiger partial charge in [0.05, 0.1) is 11.5 Å². The van der Waals surface area contributed by atoms with Gasteiger partial charge in [-0.3, -0.25) is 14.9 Å². The van der Waals surface area contributed by atoms with Crippen LogP contribution in [0, 0.1) is 17.0 Å². The lowest BCUT2D eigenvalue weighted by Crippen LogP contribution is -2.23. The summed E-state index contributed by atoms with van der Waals surface area (Å²) in [5.74, 6) is 0.538. The third-order valence-corrected chi connectivity index (χ3v) is 2.86. The van der Waals surface area contributed by atoms with E-state index in [4.69, 9.17) is 4.74 Å².